The zero-order valence-electron chi connectivity index (χ0n) is 14.9. The van der Waals surface area contributed by atoms with Crippen LogP contribution in [-0.2, 0) is 0 Å². The maximum atomic E-state index is 5.50. The SMILES string of the molecule is CCOc1ccc(-c2noc(C3CC(c4ccccc4C)NN3)n2)cc1. The Bertz CT molecular complexity index is 876. The number of nitrogens with zero attached hydrogens (tertiary/aromatic N) is 2. The van der Waals surface area contributed by atoms with Crippen LogP contribution in [0.2, 0.25) is 0 Å². The van der Waals surface area contributed by atoms with Crippen LogP contribution in [0.4, 0.5) is 0 Å². The second-order valence-corrected chi connectivity index (χ2v) is 6.40. The summed E-state index contributed by atoms with van der Waals surface area (Å²) in [5.41, 5.74) is 10.1. The first-order valence-electron chi connectivity index (χ1n) is 8.88. The molecule has 2 atom stereocenters. The summed E-state index contributed by atoms with van der Waals surface area (Å²) in [6, 6.07) is 16.3. The molecule has 2 N–H and O–H groups in total. The fourth-order valence-corrected chi connectivity index (χ4v) is 3.26. The molecule has 2 heterocycles. The van der Waals surface area contributed by atoms with Crippen molar-refractivity contribution in [1.29, 1.82) is 0 Å². The van der Waals surface area contributed by atoms with Crippen LogP contribution in [0, 0.1) is 6.92 Å². The van der Waals surface area contributed by atoms with Crippen LogP contribution in [0.25, 0.3) is 11.4 Å². The number of hydrogen-bond acceptors (Lipinski definition) is 6. The molecular formula is C20H22N4O2. The molecule has 0 radical (unpaired) electrons. The highest BCUT2D eigenvalue weighted by Gasteiger charge is 2.30. The van der Waals surface area contributed by atoms with E-state index in [9.17, 15) is 0 Å². The molecule has 134 valence electrons. The van der Waals surface area contributed by atoms with Crippen molar-refractivity contribution in [3.63, 3.8) is 0 Å². The van der Waals surface area contributed by atoms with Crippen LogP contribution >= 0.6 is 0 Å². The Morgan fingerprint density at radius 3 is 2.62 bits per heavy atom. The number of nitrogens with one attached hydrogen (secondary N) is 2. The van der Waals surface area contributed by atoms with E-state index in [0.29, 0.717) is 18.3 Å². The van der Waals surface area contributed by atoms with Crippen LogP contribution in [0.1, 0.15) is 42.4 Å². The standard InChI is InChI=1S/C20H22N4O2/c1-3-25-15-10-8-14(9-11-15)19-21-20(26-24-19)18-12-17(22-23-18)16-7-5-4-6-13(16)2/h4-11,17-18,22-23H,3,12H2,1-2H3. The quantitative estimate of drug-likeness (QED) is 0.731. The third-order valence-corrected chi connectivity index (χ3v) is 4.63. The molecule has 1 aliphatic heterocycles. The third-order valence-electron chi connectivity index (χ3n) is 4.63. The molecule has 1 saturated heterocycles. The van der Waals surface area contributed by atoms with Crippen molar-refractivity contribution in [2.45, 2.75) is 32.4 Å². The van der Waals surface area contributed by atoms with E-state index in [1.54, 1.807) is 0 Å². The van der Waals surface area contributed by atoms with Crippen molar-refractivity contribution in [1.82, 2.24) is 21.0 Å². The molecule has 0 spiro atoms. The Morgan fingerprint density at radius 1 is 1.08 bits per heavy atom. The Hall–Kier alpha value is -2.70. The Balaban J connectivity index is 1.47. The van der Waals surface area contributed by atoms with Gasteiger partial charge in [-0.25, -0.2) is 10.9 Å². The molecule has 2 aromatic carbocycles. The van der Waals surface area contributed by atoms with Crippen LogP contribution in [0.5, 0.6) is 5.75 Å². The lowest BCUT2D eigenvalue weighted by atomic mass is 9.98. The fraction of sp³-hybridized carbons (Fsp3) is 0.300. The maximum Gasteiger partial charge on any atom is 0.245 e. The van der Waals surface area contributed by atoms with Gasteiger partial charge in [-0.3, -0.25) is 0 Å². The molecule has 0 saturated carbocycles. The number of ether oxygens (including phenoxy) is 1. The van der Waals surface area contributed by atoms with Gasteiger partial charge in [-0.1, -0.05) is 29.4 Å². The highest BCUT2D eigenvalue weighted by Crippen LogP contribution is 2.32. The van der Waals surface area contributed by atoms with Crippen molar-refractivity contribution in [3.8, 4) is 17.1 Å². The molecule has 6 heteroatoms. The normalized spacial score (nSPS) is 19.6. The summed E-state index contributed by atoms with van der Waals surface area (Å²) in [6.07, 6.45) is 0.857. The van der Waals surface area contributed by atoms with Gasteiger partial charge in [0.1, 0.15) is 11.8 Å². The first-order valence-corrected chi connectivity index (χ1v) is 8.88. The van der Waals surface area contributed by atoms with E-state index in [0.717, 1.165) is 17.7 Å². The molecule has 1 aliphatic rings. The van der Waals surface area contributed by atoms with Crippen molar-refractivity contribution in [2.75, 3.05) is 6.61 Å². The predicted molar refractivity (Wildman–Crippen MR) is 98.5 cm³/mol. The number of hydrazine groups is 1. The van der Waals surface area contributed by atoms with Crippen LogP contribution in [0.3, 0.4) is 0 Å². The molecule has 26 heavy (non-hydrogen) atoms. The molecule has 0 bridgehead atoms. The second kappa shape index (κ2) is 7.27. The Morgan fingerprint density at radius 2 is 1.85 bits per heavy atom. The molecule has 2 unspecified atom stereocenters. The first kappa shape index (κ1) is 16.8. The van der Waals surface area contributed by atoms with Gasteiger partial charge in [0.15, 0.2) is 0 Å². The molecule has 1 aromatic heterocycles. The minimum Gasteiger partial charge on any atom is -0.494 e. The second-order valence-electron chi connectivity index (χ2n) is 6.40. The highest BCUT2D eigenvalue weighted by molar-refractivity contribution is 5.55. The topological polar surface area (TPSA) is 72.2 Å². The average Bonchev–Trinajstić information content (AvgIpc) is 3.33. The molecule has 0 aliphatic carbocycles. The van der Waals surface area contributed by atoms with Crippen LogP contribution < -0.4 is 15.6 Å². The fourth-order valence-electron chi connectivity index (χ4n) is 3.26. The van der Waals surface area contributed by atoms with Crippen LogP contribution in [-0.4, -0.2) is 16.7 Å². The summed E-state index contributed by atoms with van der Waals surface area (Å²) in [5, 5.41) is 4.13. The van der Waals surface area contributed by atoms with Gasteiger partial charge in [0.05, 0.1) is 6.61 Å². The molecule has 0 amide bonds. The lowest BCUT2D eigenvalue weighted by Crippen LogP contribution is -2.27. The third kappa shape index (κ3) is 3.34. The molecule has 1 fully saturated rings. The first-order chi connectivity index (χ1) is 12.7. The highest BCUT2D eigenvalue weighted by atomic mass is 16.5. The summed E-state index contributed by atoms with van der Waals surface area (Å²) < 4.78 is 11.0. The van der Waals surface area contributed by atoms with Gasteiger partial charge >= 0.3 is 0 Å². The van der Waals surface area contributed by atoms with E-state index in [2.05, 4.69) is 52.2 Å². The lowest BCUT2D eigenvalue weighted by molar-refractivity contribution is 0.339. The number of aryl methyl sites for hydroxylation is 1. The van der Waals surface area contributed by atoms with E-state index < -0.39 is 0 Å². The van der Waals surface area contributed by atoms with E-state index >= 15 is 0 Å². The smallest absolute Gasteiger partial charge is 0.245 e. The van der Waals surface area contributed by atoms with Crippen molar-refractivity contribution in [3.05, 3.63) is 65.5 Å². The zero-order valence-corrected chi connectivity index (χ0v) is 14.9. The molecule has 3 aromatic rings. The van der Waals surface area contributed by atoms with Gasteiger partial charge in [-0.2, -0.15) is 4.98 Å². The minimum absolute atomic E-state index is 0.0106. The molecule has 6 nitrogen and oxygen atoms in total. The molecule has 4 rings (SSSR count). The van der Waals surface area contributed by atoms with Crippen LogP contribution in [0.15, 0.2) is 53.1 Å². The average molecular weight is 350 g/mol. The summed E-state index contributed by atoms with van der Waals surface area (Å²) >= 11 is 0. The zero-order chi connectivity index (χ0) is 17.9. The number of rotatable bonds is 5. The largest absolute Gasteiger partial charge is 0.494 e. The van der Waals surface area contributed by atoms with Gasteiger partial charge in [0.25, 0.3) is 0 Å². The Labute approximate surface area is 152 Å². The van der Waals surface area contributed by atoms with E-state index in [1.165, 1.54) is 11.1 Å². The number of aromatic nitrogens is 2. The minimum atomic E-state index is -0.0106. The molecular weight excluding hydrogens is 328 g/mol. The summed E-state index contributed by atoms with van der Waals surface area (Å²) in [4.78, 5) is 4.57. The van der Waals surface area contributed by atoms with Crippen molar-refractivity contribution in [2.24, 2.45) is 0 Å². The maximum absolute atomic E-state index is 5.50. The van der Waals surface area contributed by atoms with E-state index in [1.807, 2.05) is 31.2 Å². The summed E-state index contributed by atoms with van der Waals surface area (Å²) in [5.74, 6) is 2.02. The van der Waals surface area contributed by atoms with Crippen molar-refractivity contribution < 1.29 is 9.26 Å². The van der Waals surface area contributed by atoms with Gasteiger partial charge in [0.2, 0.25) is 11.7 Å². The van der Waals surface area contributed by atoms with Crippen molar-refractivity contribution >= 4 is 0 Å². The lowest BCUT2D eigenvalue weighted by Gasteiger charge is -2.12. The van der Waals surface area contributed by atoms with E-state index in [4.69, 9.17) is 9.26 Å². The number of hydrogen-bond donors (Lipinski definition) is 2. The van der Waals surface area contributed by atoms with Gasteiger partial charge < -0.3 is 9.26 Å². The van der Waals surface area contributed by atoms with Gasteiger partial charge in [-0.05, 0) is 55.7 Å². The van der Waals surface area contributed by atoms with E-state index in [-0.39, 0.29) is 12.1 Å². The number of benzene rings is 2. The van der Waals surface area contributed by atoms with Gasteiger partial charge in [0, 0.05) is 11.6 Å². The van der Waals surface area contributed by atoms with Gasteiger partial charge in [-0.15, -0.1) is 0 Å². The summed E-state index contributed by atoms with van der Waals surface area (Å²) in [7, 11) is 0. The summed E-state index contributed by atoms with van der Waals surface area (Å²) in [6.45, 7) is 4.74. The predicted octanol–water partition coefficient (Wildman–Crippen LogP) is 3.72. The Kier molecular flexibility index (Phi) is 4.69. The monoisotopic (exact) mass is 350 g/mol.